The molecule has 110 valence electrons. The van der Waals surface area contributed by atoms with E-state index in [9.17, 15) is 14.9 Å². The number of para-hydroxylation sites is 1. The largest absolute Gasteiger partial charge is 0.351 e. The highest BCUT2D eigenvalue weighted by atomic mass is 35.5. The topological polar surface area (TPSA) is 85.1 Å². The maximum absolute atomic E-state index is 12.0. The highest BCUT2D eigenvalue weighted by Gasteiger charge is 2.23. The van der Waals surface area contributed by atoms with Crippen LogP contribution in [0.25, 0.3) is 0 Å². The fourth-order valence-corrected chi connectivity index (χ4v) is 2.70. The van der Waals surface area contributed by atoms with E-state index in [4.69, 9.17) is 11.6 Å². The van der Waals surface area contributed by atoms with E-state index in [1.54, 1.807) is 0 Å². The van der Waals surface area contributed by atoms with Gasteiger partial charge in [-0.15, -0.1) is 11.3 Å². The molecule has 2 aromatic rings. The minimum Gasteiger partial charge on any atom is -0.351 e. The van der Waals surface area contributed by atoms with E-state index < -0.39 is 10.8 Å². The van der Waals surface area contributed by atoms with Crippen LogP contribution >= 0.6 is 22.9 Å². The number of nitro benzene ring substituents is 1. The highest BCUT2D eigenvalue weighted by molar-refractivity contribution is 7.09. The Labute approximate surface area is 129 Å². The van der Waals surface area contributed by atoms with Crippen molar-refractivity contribution in [1.82, 2.24) is 10.3 Å². The number of carbonyl (C=O) groups excluding carboxylic acids is 1. The molecule has 0 aliphatic carbocycles. The molecular formula is C13H12ClN3O3S. The lowest BCUT2D eigenvalue weighted by Crippen LogP contribution is -2.26. The molecule has 1 heterocycles. The molecule has 0 radical (unpaired) electrons. The number of hydrogen-bond donors (Lipinski definition) is 1. The lowest BCUT2D eigenvalue weighted by atomic mass is 10.1. The van der Waals surface area contributed by atoms with Crippen LogP contribution in [0.4, 0.5) is 5.69 Å². The average molecular weight is 326 g/mol. The van der Waals surface area contributed by atoms with Crippen molar-refractivity contribution >= 4 is 34.5 Å². The van der Waals surface area contributed by atoms with E-state index in [0.717, 1.165) is 10.7 Å². The van der Waals surface area contributed by atoms with Gasteiger partial charge in [-0.3, -0.25) is 14.9 Å². The summed E-state index contributed by atoms with van der Waals surface area (Å²) in [6.45, 7) is 2.26. The maximum Gasteiger partial charge on any atom is 0.300 e. The Morgan fingerprint density at radius 1 is 1.52 bits per heavy atom. The number of thiazole rings is 1. The molecule has 2 rings (SSSR count). The zero-order chi connectivity index (χ0) is 15.4. The van der Waals surface area contributed by atoms with Gasteiger partial charge in [-0.25, -0.2) is 4.98 Å². The van der Waals surface area contributed by atoms with E-state index in [2.05, 4.69) is 10.3 Å². The summed E-state index contributed by atoms with van der Waals surface area (Å²) in [6.07, 6.45) is 0.574. The molecule has 0 unspecified atom stereocenters. The number of halogens is 1. The number of carbonyl (C=O) groups is 1. The van der Waals surface area contributed by atoms with Crippen molar-refractivity contribution < 1.29 is 9.72 Å². The monoisotopic (exact) mass is 325 g/mol. The quantitative estimate of drug-likeness (QED) is 0.676. The summed E-state index contributed by atoms with van der Waals surface area (Å²) in [5.41, 5.74) is 0.474. The summed E-state index contributed by atoms with van der Waals surface area (Å²) in [7, 11) is 0. The van der Waals surface area contributed by atoms with E-state index in [0.29, 0.717) is 13.0 Å². The summed E-state index contributed by atoms with van der Waals surface area (Å²) in [4.78, 5) is 26.6. The first-order valence-corrected chi connectivity index (χ1v) is 7.37. The fraction of sp³-hybridized carbons (Fsp3) is 0.231. The average Bonchev–Trinajstić information content (AvgIpc) is 2.83. The molecule has 0 saturated heterocycles. The standard InChI is InChI=1S/C13H12ClN3O3S/c1-8-16-9(7-21-8)5-6-15-13(18)10-3-2-4-11(14)12(10)17(19)20/h2-4,7H,5-6H2,1H3,(H,15,18). The Balaban J connectivity index is 2.04. The van der Waals surface area contributed by atoms with Crippen LogP contribution in [0.1, 0.15) is 21.1 Å². The van der Waals surface area contributed by atoms with Gasteiger partial charge >= 0.3 is 5.69 Å². The Hall–Kier alpha value is -1.99. The molecule has 0 aliphatic heterocycles. The van der Waals surface area contributed by atoms with Gasteiger partial charge in [0.1, 0.15) is 10.6 Å². The van der Waals surface area contributed by atoms with Crippen molar-refractivity contribution in [1.29, 1.82) is 0 Å². The van der Waals surface area contributed by atoms with Crippen molar-refractivity contribution in [3.63, 3.8) is 0 Å². The minimum absolute atomic E-state index is 0.0399. The van der Waals surface area contributed by atoms with Gasteiger partial charge in [0.05, 0.1) is 15.6 Å². The minimum atomic E-state index is -0.652. The maximum atomic E-state index is 12.0. The van der Waals surface area contributed by atoms with Crippen molar-refractivity contribution in [2.75, 3.05) is 6.54 Å². The van der Waals surface area contributed by atoms with Crippen LogP contribution < -0.4 is 5.32 Å². The number of aryl methyl sites for hydroxylation is 1. The summed E-state index contributed by atoms with van der Waals surface area (Å²) in [5.74, 6) is -0.517. The molecule has 0 fully saturated rings. The molecule has 8 heteroatoms. The second-order valence-corrected chi connectivity index (χ2v) is 5.73. The SMILES string of the molecule is Cc1nc(CCNC(=O)c2cccc(Cl)c2[N+](=O)[O-])cs1. The number of amides is 1. The van der Waals surface area contributed by atoms with Crippen molar-refractivity contribution in [3.8, 4) is 0 Å². The van der Waals surface area contributed by atoms with Crippen LogP contribution in [-0.4, -0.2) is 22.4 Å². The van der Waals surface area contributed by atoms with E-state index in [1.807, 2.05) is 12.3 Å². The van der Waals surface area contributed by atoms with Crippen LogP contribution in [0.3, 0.4) is 0 Å². The smallest absolute Gasteiger partial charge is 0.300 e. The lowest BCUT2D eigenvalue weighted by molar-refractivity contribution is -0.385. The zero-order valence-electron chi connectivity index (χ0n) is 11.1. The third kappa shape index (κ3) is 3.77. The van der Waals surface area contributed by atoms with Crippen LogP contribution in [0.5, 0.6) is 0 Å². The van der Waals surface area contributed by atoms with Gasteiger partial charge in [0.15, 0.2) is 0 Å². The summed E-state index contributed by atoms with van der Waals surface area (Å²) in [5, 5.41) is 16.4. The number of rotatable bonds is 5. The summed E-state index contributed by atoms with van der Waals surface area (Å²) < 4.78 is 0. The second kappa shape index (κ2) is 6.64. The molecular weight excluding hydrogens is 314 g/mol. The Morgan fingerprint density at radius 2 is 2.29 bits per heavy atom. The van der Waals surface area contributed by atoms with Gasteiger partial charge < -0.3 is 5.32 Å². The van der Waals surface area contributed by atoms with Gasteiger partial charge in [-0.05, 0) is 19.1 Å². The first kappa shape index (κ1) is 15.4. The van der Waals surface area contributed by atoms with E-state index in [-0.39, 0.29) is 16.3 Å². The van der Waals surface area contributed by atoms with E-state index >= 15 is 0 Å². The number of nitro groups is 1. The molecule has 0 aliphatic rings. The number of nitrogens with zero attached hydrogens (tertiary/aromatic N) is 2. The predicted molar refractivity (Wildman–Crippen MR) is 81.0 cm³/mol. The molecule has 6 nitrogen and oxygen atoms in total. The van der Waals surface area contributed by atoms with Gasteiger partial charge in [0.2, 0.25) is 0 Å². The molecule has 0 atom stereocenters. The van der Waals surface area contributed by atoms with Gasteiger partial charge in [0, 0.05) is 18.3 Å². The third-order valence-electron chi connectivity index (χ3n) is 2.75. The van der Waals surface area contributed by atoms with Crippen molar-refractivity contribution in [2.45, 2.75) is 13.3 Å². The molecule has 21 heavy (non-hydrogen) atoms. The molecule has 1 aromatic heterocycles. The summed E-state index contributed by atoms with van der Waals surface area (Å²) >= 11 is 7.31. The Bertz CT molecular complexity index is 687. The van der Waals surface area contributed by atoms with Gasteiger partial charge in [0.25, 0.3) is 5.91 Å². The highest BCUT2D eigenvalue weighted by Crippen LogP contribution is 2.27. The fourth-order valence-electron chi connectivity index (χ4n) is 1.81. The molecule has 0 spiro atoms. The zero-order valence-corrected chi connectivity index (χ0v) is 12.7. The van der Waals surface area contributed by atoms with Crippen molar-refractivity contribution in [2.24, 2.45) is 0 Å². The van der Waals surface area contributed by atoms with Crippen LogP contribution in [0.15, 0.2) is 23.6 Å². The predicted octanol–water partition coefficient (Wildman–Crippen LogP) is 2.99. The molecule has 0 saturated carbocycles. The van der Waals surface area contributed by atoms with Crippen LogP contribution in [-0.2, 0) is 6.42 Å². The molecule has 1 N–H and O–H groups in total. The first-order valence-electron chi connectivity index (χ1n) is 6.11. The number of nitrogens with one attached hydrogen (secondary N) is 1. The van der Waals surface area contributed by atoms with Crippen LogP contribution in [0, 0.1) is 17.0 Å². The summed E-state index contributed by atoms with van der Waals surface area (Å²) in [6, 6.07) is 4.27. The lowest BCUT2D eigenvalue weighted by Gasteiger charge is -2.05. The second-order valence-electron chi connectivity index (χ2n) is 4.26. The Morgan fingerprint density at radius 3 is 2.90 bits per heavy atom. The van der Waals surface area contributed by atoms with Gasteiger partial charge in [-0.2, -0.15) is 0 Å². The first-order chi connectivity index (χ1) is 9.99. The third-order valence-corrected chi connectivity index (χ3v) is 3.87. The number of benzene rings is 1. The Kier molecular flexibility index (Phi) is 4.87. The number of hydrogen-bond acceptors (Lipinski definition) is 5. The van der Waals surface area contributed by atoms with Crippen LogP contribution in [0.2, 0.25) is 5.02 Å². The normalized spacial score (nSPS) is 10.4. The van der Waals surface area contributed by atoms with Gasteiger partial charge in [-0.1, -0.05) is 17.7 Å². The van der Waals surface area contributed by atoms with Crippen molar-refractivity contribution in [3.05, 3.63) is 55.0 Å². The molecule has 1 aromatic carbocycles. The molecule has 1 amide bonds. The van der Waals surface area contributed by atoms with E-state index in [1.165, 1.54) is 29.5 Å². The molecule has 0 bridgehead atoms. The number of aromatic nitrogens is 1.